The van der Waals surface area contributed by atoms with E-state index in [1.54, 1.807) is 0 Å². The highest BCUT2D eigenvalue weighted by Gasteiger charge is 2.31. The molecule has 0 saturated carbocycles. The lowest BCUT2D eigenvalue weighted by molar-refractivity contribution is -0.142. The Balaban J connectivity index is 2.26. The SMILES string of the molecule is COC(=O)C1COC(c2c(C)nc(CC(C)C)c(C#N)c2-c2ccc(C)cc2)=N1. The fourth-order valence-corrected chi connectivity index (χ4v) is 3.46. The number of carbonyl (C=O) groups is 1. The van der Waals surface area contributed by atoms with Crippen molar-refractivity contribution in [2.24, 2.45) is 10.9 Å². The molecule has 2 aromatic rings. The van der Waals surface area contributed by atoms with Crippen LogP contribution in [-0.4, -0.2) is 36.6 Å². The number of aryl methyl sites for hydroxylation is 2. The van der Waals surface area contributed by atoms with Crippen LogP contribution < -0.4 is 0 Å². The first-order valence-electron chi connectivity index (χ1n) is 9.65. The van der Waals surface area contributed by atoms with E-state index < -0.39 is 12.0 Å². The number of hydrogen-bond donors (Lipinski definition) is 0. The number of ether oxygens (including phenoxy) is 2. The van der Waals surface area contributed by atoms with E-state index in [2.05, 4.69) is 24.9 Å². The Labute approximate surface area is 171 Å². The Morgan fingerprint density at radius 1 is 1.28 bits per heavy atom. The first kappa shape index (κ1) is 20.5. The van der Waals surface area contributed by atoms with Gasteiger partial charge < -0.3 is 9.47 Å². The van der Waals surface area contributed by atoms with Crippen LogP contribution in [0.5, 0.6) is 0 Å². The van der Waals surface area contributed by atoms with Gasteiger partial charge in [0.2, 0.25) is 5.90 Å². The Kier molecular flexibility index (Phi) is 5.97. The molecule has 1 atom stereocenters. The number of benzene rings is 1. The molecule has 2 heterocycles. The second-order valence-corrected chi connectivity index (χ2v) is 7.63. The number of nitriles is 1. The monoisotopic (exact) mass is 391 g/mol. The molecule has 6 heteroatoms. The summed E-state index contributed by atoms with van der Waals surface area (Å²) < 4.78 is 10.6. The number of pyridine rings is 1. The third-order valence-corrected chi connectivity index (χ3v) is 4.84. The van der Waals surface area contributed by atoms with Gasteiger partial charge in [-0.15, -0.1) is 0 Å². The number of nitrogens with zero attached hydrogens (tertiary/aromatic N) is 3. The Morgan fingerprint density at radius 2 is 1.97 bits per heavy atom. The summed E-state index contributed by atoms with van der Waals surface area (Å²) >= 11 is 0. The highest BCUT2D eigenvalue weighted by Crippen LogP contribution is 2.34. The number of carbonyl (C=O) groups excluding carboxylic acids is 1. The Hall–Kier alpha value is -3.20. The van der Waals surface area contributed by atoms with Gasteiger partial charge in [-0.25, -0.2) is 9.79 Å². The fourth-order valence-electron chi connectivity index (χ4n) is 3.46. The number of methoxy groups -OCH3 is 1. The van der Waals surface area contributed by atoms with Crippen LogP contribution in [0.2, 0.25) is 0 Å². The molecule has 0 radical (unpaired) electrons. The van der Waals surface area contributed by atoms with Gasteiger partial charge in [0.25, 0.3) is 0 Å². The molecule has 29 heavy (non-hydrogen) atoms. The van der Waals surface area contributed by atoms with E-state index in [9.17, 15) is 10.1 Å². The second kappa shape index (κ2) is 8.44. The minimum atomic E-state index is -0.707. The van der Waals surface area contributed by atoms with Gasteiger partial charge in [-0.05, 0) is 31.7 Å². The predicted molar refractivity (Wildman–Crippen MR) is 111 cm³/mol. The van der Waals surface area contributed by atoms with Crippen LogP contribution in [-0.2, 0) is 20.7 Å². The molecule has 1 aliphatic heterocycles. The van der Waals surface area contributed by atoms with Gasteiger partial charge in [0, 0.05) is 5.56 Å². The molecule has 0 bridgehead atoms. The first-order chi connectivity index (χ1) is 13.8. The zero-order chi connectivity index (χ0) is 21.1. The maximum absolute atomic E-state index is 11.9. The smallest absolute Gasteiger partial charge is 0.334 e. The lowest BCUT2D eigenvalue weighted by atomic mass is 9.90. The highest BCUT2D eigenvalue weighted by atomic mass is 16.5. The molecule has 0 spiro atoms. The summed E-state index contributed by atoms with van der Waals surface area (Å²) in [6.07, 6.45) is 0.695. The van der Waals surface area contributed by atoms with Crippen molar-refractivity contribution >= 4 is 11.9 Å². The molecule has 3 rings (SSSR count). The number of rotatable bonds is 5. The number of hydrogen-bond acceptors (Lipinski definition) is 6. The standard InChI is InChI=1S/C23H25N3O3/c1-13(2)10-18-17(11-24)21(16-8-6-14(3)7-9-16)20(15(4)25-18)22-26-19(12-29-22)23(27)28-5/h6-9,13,19H,10,12H2,1-5H3. The third-order valence-electron chi connectivity index (χ3n) is 4.84. The Morgan fingerprint density at radius 3 is 2.55 bits per heavy atom. The van der Waals surface area contributed by atoms with E-state index in [1.165, 1.54) is 7.11 Å². The second-order valence-electron chi connectivity index (χ2n) is 7.63. The zero-order valence-electron chi connectivity index (χ0n) is 17.4. The van der Waals surface area contributed by atoms with Crippen molar-refractivity contribution in [3.63, 3.8) is 0 Å². The molecule has 0 saturated heterocycles. The zero-order valence-corrected chi connectivity index (χ0v) is 17.4. The molecule has 0 aliphatic carbocycles. The average Bonchev–Trinajstić information content (AvgIpc) is 3.16. The van der Waals surface area contributed by atoms with Crippen LogP contribution in [0.25, 0.3) is 11.1 Å². The lowest BCUT2D eigenvalue weighted by Crippen LogP contribution is -2.21. The molecular weight excluding hydrogens is 366 g/mol. The Bertz CT molecular complexity index is 1000. The van der Waals surface area contributed by atoms with Crippen LogP contribution >= 0.6 is 0 Å². The van der Waals surface area contributed by atoms with E-state index in [1.807, 2.05) is 38.1 Å². The van der Waals surface area contributed by atoms with Gasteiger partial charge in [0.15, 0.2) is 6.04 Å². The predicted octanol–water partition coefficient (Wildman–Crippen LogP) is 3.75. The van der Waals surface area contributed by atoms with Crippen LogP contribution in [0, 0.1) is 31.1 Å². The van der Waals surface area contributed by atoms with Gasteiger partial charge >= 0.3 is 5.97 Å². The molecule has 1 unspecified atom stereocenters. The molecule has 0 fully saturated rings. The van der Waals surface area contributed by atoms with Crippen molar-refractivity contribution in [1.29, 1.82) is 5.26 Å². The van der Waals surface area contributed by atoms with Gasteiger partial charge in [0.1, 0.15) is 12.7 Å². The topological polar surface area (TPSA) is 84.6 Å². The normalized spacial score (nSPS) is 15.6. The summed E-state index contributed by atoms with van der Waals surface area (Å²) in [4.78, 5) is 21.0. The molecule has 150 valence electrons. The van der Waals surface area contributed by atoms with Crippen molar-refractivity contribution in [1.82, 2.24) is 4.98 Å². The van der Waals surface area contributed by atoms with Crippen molar-refractivity contribution in [3.05, 3.63) is 52.3 Å². The van der Waals surface area contributed by atoms with Gasteiger partial charge in [0.05, 0.1) is 29.6 Å². The van der Waals surface area contributed by atoms with Crippen molar-refractivity contribution < 1.29 is 14.3 Å². The minimum Gasteiger partial charge on any atom is -0.474 e. The van der Waals surface area contributed by atoms with E-state index in [0.717, 1.165) is 28.1 Å². The third kappa shape index (κ3) is 4.14. The van der Waals surface area contributed by atoms with Crippen molar-refractivity contribution in [3.8, 4) is 17.2 Å². The maximum atomic E-state index is 11.9. The van der Waals surface area contributed by atoms with E-state index in [-0.39, 0.29) is 6.61 Å². The summed E-state index contributed by atoms with van der Waals surface area (Å²) in [5.74, 6) is 0.238. The molecular formula is C23H25N3O3. The summed E-state index contributed by atoms with van der Waals surface area (Å²) in [7, 11) is 1.33. The quantitative estimate of drug-likeness (QED) is 0.725. The number of esters is 1. The van der Waals surface area contributed by atoms with Crippen molar-refractivity contribution in [2.45, 2.75) is 40.2 Å². The largest absolute Gasteiger partial charge is 0.474 e. The number of aliphatic imine (C=N–C) groups is 1. The minimum absolute atomic E-state index is 0.115. The number of aromatic nitrogens is 1. The molecule has 6 nitrogen and oxygen atoms in total. The first-order valence-corrected chi connectivity index (χ1v) is 9.65. The van der Waals surface area contributed by atoms with Crippen LogP contribution in [0.4, 0.5) is 0 Å². The fraction of sp³-hybridized carbons (Fsp3) is 0.391. The van der Waals surface area contributed by atoms with E-state index in [0.29, 0.717) is 29.4 Å². The van der Waals surface area contributed by atoms with Gasteiger partial charge in [-0.1, -0.05) is 43.7 Å². The molecule has 0 N–H and O–H groups in total. The average molecular weight is 391 g/mol. The van der Waals surface area contributed by atoms with E-state index in [4.69, 9.17) is 14.5 Å². The maximum Gasteiger partial charge on any atom is 0.334 e. The van der Waals surface area contributed by atoms with Crippen LogP contribution in [0.3, 0.4) is 0 Å². The summed E-state index contributed by atoms with van der Waals surface area (Å²) in [6, 6.07) is 9.63. The molecule has 1 aliphatic rings. The molecule has 1 aromatic heterocycles. The molecule has 0 amide bonds. The summed E-state index contributed by atoms with van der Waals surface area (Å²) in [6.45, 7) is 8.22. The highest BCUT2D eigenvalue weighted by molar-refractivity contribution is 6.05. The van der Waals surface area contributed by atoms with Crippen molar-refractivity contribution in [2.75, 3.05) is 13.7 Å². The molecule has 1 aromatic carbocycles. The summed E-state index contributed by atoms with van der Waals surface area (Å²) in [5, 5.41) is 10.0. The van der Waals surface area contributed by atoms with E-state index >= 15 is 0 Å². The van der Waals surface area contributed by atoms with Crippen LogP contribution in [0.1, 0.15) is 41.9 Å². The van der Waals surface area contributed by atoms with Gasteiger partial charge in [-0.3, -0.25) is 4.98 Å². The lowest BCUT2D eigenvalue weighted by Gasteiger charge is -2.18. The summed E-state index contributed by atoms with van der Waals surface area (Å²) in [5.41, 5.74) is 5.44. The van der Waals surface area contributed by atoms with Gasteiger partial charge in [-0.2, -0.15) is 5.26 Å². The van der Waals surface area contributed by atoms with Crippen LogP contribution in [0.15, 0.2) is 29.3 Å².